The number of hydrogen-bond donors (Lipinski definition) is 1. The van der Waals surface area contributed by atoms with E-state index in [4.69, 9.17) is 0 Å². The number of thiophene rings is 1. The molecule has 0 radical (unpaired) electrons. The van der Waals surface area contributed by atoms with Crippen LogP contribution in [0.25, 0.3) is 0 Å². The number of fused-ring (bicyclic) bond motifs is 1. The molecule has 0 aliphatic carbocycles. The number of hydrogen-bond acceptors (Lipinski definition) is 3. The largest absolute Gasteiger partial charge is 0.332 e. The van der Waals surface area contributed by atoms with Crippen LogP contribution >= 0.6 is 11.3 Å². The van der Waals surface area contributed by atoms with Gasteiger partial charge < -0.3 is 10.2 Å². The molecule has 21 heavy (non-hydrogen) atoms. The molecule has 3 rings (SSSR count). The van der Waals surface area contributed by atoms with E-state index in [9.17, 15) is 4.79 Å². The van der Waals surface area contributed by atoms with Crippen LogP contribution < -0.4 is 5.32 Å². The first-order valence-corrected chi connectivity index (χ1v) is 8.18. The van der Waals surface area contributed by atoms with Crippen LogP contribution in [0.2, 0.25) is 0 Å². The minimum absolute atomic E-state index is 0.00403. The summed E-state index contributed by atoms with van der Waals surface area (Å²) in [6.45, 7) is 3.40. The maximum atomic E-state index is 12.5. The molecule has 0 saturated heterocycles. The van der Waals surface area contributed by atoms with Gasteiger partial charge in [-0.05, 0) is 42.0 Å². The maximum Gasteiger partial charge on any atom is 0.318 e. The topological polar surface area (TPSA) is 45.2 Å². The van der Waals surface area contributed by atoms with E-state index in [2.05, 4.69) is 28.7 Å². The zero-order valence-electron chi connectivity index (χ0n) is 12.1. The Hall–Kier alpha value is -1.88. The lowest BCUT2D eigenvalue weighted by Crippen LogP contribution is -2.45. The van der Waals surface area contributed by atoms with Gasteiger partial charge >= 0.3 is 6.03 Å². The van der Waals surface area contributed by atoms with Crippen LogP contribution in [0.5, 0.6) is 0 Å². The van der Waals surface area contributed by atoms with E-state index in [0.717, 1.165) is 25.1 Å². The molecule has 2 amide bonds. The number of pyridine rings is 1. The second-order valence-electron chi connectivity index (χ2n) is 5.15. The Labute approximate surface area is 128 Å². The highest BCUT2D eigenvalue weighted by atomic mass is 32.1. The normalized spacial score (nSPS) is 17.4. The minimum atomic E-state index is 0.00403. The van der Waals surface area contributed by atoms with E-state index in [-0.39, 0.29) is 12.1 Å². The van der Waals surface area contributed by atoms with Crippen molar-refractivity contribution in [2.45, 2.75) is 32.4 Å². The number of rotatable bonds is 3. The SMILES string of the molecule is CC[C@H]1c2ccsc2CCN1C(=O)NCc1ccccn1. The Morgan fingerprint density at radius 3 is 3.14 bits per heavy atom. The van der Waals surface area contributed by atoms with E-state index >= 15 is 0 Å². The molecule has 1 N–H and O–H groups in total. The summed E-state index contributed by atoms with van der Waals surface area (Å²) in [6.07, 6.45) is 3.65. The molecule has 110 valence electrons. The van der Waals surface area contributed by atoms with E-state index in [0.29, 0.717) is 6.54 Å². The first-order chi connectivity index (χ1) is 10.3. The molecule has 4 nitrogen and oxygen atoms in total. The maximum absolute atomic E-state index is 12.5. The molecule has 2 aromatic heterocycles. The lowest BCUT2D eigenvalue weighted by Gasteiger charge is -2.35. The van der Waals surface area contributed by atoms with Gasteiger partial charge in [-0.25, -0.2) is 4.79 Å². The van der Waals surface area contributed by atoms with E-state index in [1.807, 2.05) is 23.1 Å². The fourth-order valence-electron chi connectivity index (χ4n) is 2.85. The van der Waals surface area contributed by atoms with Crippen LogP contribution in [0.3, 0.4) is 0 Å². The quantitative estimate of drug-likeness (QED) is 0.945. The molecule has 0 unspecified atom stereocenters. The Morgan fingerprint density at radius 2 is 2.38 bits per heavy atom. The van der Waals surface area contributed by atoms with Crippen LogP contribution in [0.4, 0.5) is 4.79 Å². The van der Waals surface area contributed by atoms with Crippen LogP contribution in [-0.4, -0.2) is 22.5 Å². The van der Waals surface area contributed by atoms with Gasteiger partial charge in [0.05, 0.1) is 18.3 Å². The molecule has 0 aromatic carbocycles. The number of carbonyl (C=O) groups is 1. The average Bonchev–Trinajstić information content (AvgIpc) is 3.01. The Morgan fingerprint density at radius 1 is 1.48 bits per heavy atom. The van der Waals surface area contributed by atoms with Gasteiger partial charge in [-0.1, -0.05) is 13.0 Å². The highest BCUT2D eigenvalue weighted by molar-refractivity contribution is 7.10. The first kappa shape index (κ1) is 14.1. The average molecular weight is 301 g/mol. The van der Waals surface area contributed by atoms with Crippen LogP contribution in [0.1, 0.15) is 35.5 Å². The van der Waals surface area contributed by atoms with Gasteiger partial charge in [-0.15, -0.1) is 11.3 Å². The van der Waals surface area contributed by atoms with Gasteiger partial charge in [0.25, 0.3) is 0 Å². The zero-order chi connectivity index (χ0) is 14.7. The van der Waals surface area contributed by atoms with Crippen molar-refractivity contribution in [3.8, 4) is 0 Å². The number of amides is 2. The fraction of sp³-hybridized carbons (Fsp3) is 0.375. The summed E-state index contributed by atoms with van der Waals surface area (Å²) in [5.41, 5.74) is 2.20. The molecular weight excluding hydrogens is 282 g/mol. The summed E-state index contributed by atoms with van der Waals surface area (Å²) in [4.78, 5) is 20.1. The van der Waals surface area contributed by atoms with Crippen LogP contribution in [0.15, 0.2) is 35.8 Å². The van der Waals surface area contributed by atoms with Crippen molar-refractivity contribution in [3.63, 3.8) is 0 Å². The third-order valence-corrected chi connectivity index (χ3v) is 4.89. The molecule has 5 heteroatoms. The number of nitrogens with zero attached hydrogens (tertiary/aromatic N) is 2. The van der Waals surface area contributed by atoms with Crippen molar-refractivity contribution in [1.29, 1.82) is 0 Å². The van der Waals surface area contributed by atoms with Crippen molar-refractivity contribution in [2.75, 3.05) is 6.54 Å². The Kier molecular flexibility index (Phi) is 4.20. The van der Waals surface area contributed by atoms with E-state index < -0.39 is 0 Å². The molecular formula is C16H19N3OS. The minimum Gasteiger partial charge on any atom is -0.332 e. The number of carbonyl (C=O) groups excluding carboxylic acids is 1. The molecule has 0 saturated carbocycles. The Bertz CT molecular complexity index is 611. The predicted octanol–water partition coefficient (Wildman–Crippen LogP) is 3.36. The molecule has 1 atom stereocenters. The van der Waals surface area contributed by atoms with Gasteiger partial charge in [0, 0.05) is 17.6 Å². The van der Waals surface area contributed by atoms with E-state index in [1.54, 1.807) is 17.5 Å². The zero-order valence-corrected chi connectivity index (χ0v) is 12.9. The number of urea groups is 1. The first-order valence-electron chi connectivity index (χ1n) is 7.30. The second-order valence-corrected chi connectivity index (χ2v) is 6.15. The summed E-state index contributed by atoms with van der Waals surface area (Å²) in [6, 6.07) is 8.09. The lowest BCUT2D eigenvalue weighted by atomic mass is 9.98. The molecule has 1 aliphatic rings. The number of aromatic nitrogens is 1. The summed E-state index contributed by atoms with van der Waals surface area (Å²) in [5, 5.41) is 5.11. The smallest absolute Gasteiger partial charge is 0.318 e. The summed E-state index contributed by atoms with van der Waals surface area (Å²) >= 11 is 1.80. The van der Waals surface area contributed by atoms with Gasteiger partial charge in [-0.3, -0.25) is 4.98 Å². The van der Waals surface area contributed by atoms with Crippen molar-refractivity contribution in [2.24, 2.45) is 0 Å². The van der Waals surface area contributed by atoms with Crippen LogP contribution in [-0.2, 0) is 13.0 Å². The van der Waals surface area contributed by atoms with Gasteiger partial charge in [-0.2, -0.15) is 0 Å². The van der Waals surface area contributed by atoms with Gasteiger partial charge in [0.1, 0.15) is 0 Å². The molecule has 0 bridgehead atoms. The molecule has 1 aliphatic heterocycles. The monoisotopic (exact) mass is 301 g/mol. The number of nitrogens with one attached hydrogen (secondary N) is 1. The summed E-state index contributed by atoms with van der Waals surface area (Å²) < 4.78 is 0. The molecule has 3 heterocycles. The highest BCUT2D eigenvalue weighted by Gasteiger charge is 2.30. The van der Waals surface area contributed by atoms with Crippen LogP contribution in [0, 0.1) is 0 Å². The summed E-state index contributed by atoms with van der Waals surface area (Å²) in [5.74, 6) is 0. The Balaban J connectivity index is 1.67. The van der Waals surface area contributed by atoms with Gasteiger partial charge in [0.2, 0.25) is 0 Å². The predicted molar refractivity (Wildman–Crippen MR) is 84.2 cm³/mol. The third-order valence-electron chi connectivity index (χ3n) is 3.89. The summed E-state index contributed by atoms with van der Waals surface area (Å²) in [7, 11) is 0. The van der Waals surface area contributed by atoms with Gasteiger partial charge in [0.15, 0.2) is 0 Å². The standard InChI is InChI=1S/C16H19N3OS/c1-2-14-13-7-10-21-15(13)6-9-19(14)16(20)18-11-12-5-3-4-8-17-12/h3-5,7-8,10,14H,2,6,9,11H2,1H3,(H,18,20)/t14-/m0/s1. The molecule has 0 fully saturated rings. The third kappa shape index (κ3) is 2.93. The fourth-order valence-corrected chi connectivity index (χ4v) is 3.78. The van der Waals surface area contributed by atoms with Crippen molar-refractivity contribution >= 4 is 17.4 Å². The van der Waals surface area contributed by atoms with Crippen molar-refractivity contribution in [1.82, 2.24) is 15.2 Å². The van der Waals surface area contributed by atoms with E-state index in [1.165, 1.54) is 10.4 Å². The highest BCUT2D eigenvalue weighted by Crippen LogP contribution is 2.35. The molecule has 0 spiro atoms. The van der Waals surface area contributed by atoms with Crippen molar-refractivity contribution in [3.05, 3.63) is 52.0 Å². The molecule has 2 aromatic rings. The lowest BCUT2D eigenvalue weighted by molar-refractivity contribution is 0.167. The van der Waals surface area contributed by atoms with Crippen molar-refractivity contribution < 1.29 is 4.79 Å². The second kappa shape index (κ2) is 6.26.